The van der Waals surface area contributed by atoms with Gasteiger partial charge in [-0.05, 0) is 30.3 Å². The van der Waals surface area contributed by atoms with E-state index in [1.807, 2.05) is 13.8 Å². The summed E-state index contributed by atoms with van der Waals surface area (Å²) in [6.07, 6.45) is 0. The van der Waals surface area contributed by atoms with Crippen molar-refractivity contribution in [2.45, 2.75) is 19.9 Å². The van der Waals surface area contributed by atoms with Gasteiger partial charge in [0.15, 0.2) is 0 Å². The lowest BCUT2D eigenvalue weighted by Crippen LogP contribution is -2.25. The van der Waals surface area contributed by atoms with Gasteiger partial charge in [-0.2, -0.15) is 9.36 Å². The molecular weight excluding hydrogens is 291 g/mol. The highest BCUT2D eigenvalue weighted by Gasteiger charge is 2.16. The summed E-state index contributed by atoms with van der Waals surface area (Å²) >= 11 is 12.0. The molecule has 0 aliphatic heterocycles. The van der Waals surface area contributed by atoms with Crippen molar-refractivity contribution in [2.75, 3.05) is 7.11 Å². The second-order valence-corrected chi connectivity index (χ2v) is 4.96. The average molecular weight is 303 g/mol. The molecule has 1 aromatic carbocycles. The van der Waals surface area contributed by atoms with Crippen LogP contribution in [0.1, 0.15) is 19.9 Å². The molecule has 0 saturated heterocycles. The molecule has 0 spiro atoms. The largest absolute Gasteiger partial charge is 0.495 e. The Bertz CT molecular complexity index is 663. The number of rotatable bonds is 3. The maximum Gasteiger partial charge on any atom is 0.368 e. The summed E-state index contributed by atoms with van der Waals surface area (Å²) in [6, 6.07) is 2.96. The first-order valence-corrected chi connectivity index (χ1v) is 6.29. The number of halogens is 2. The molecule has 1 heterocycles. The second kappa shape index (κ2) is 5.22. The van der Waals surface area contributed by atoms with Gasteiger partial charge in [0, 0.05) is 6.07 Å². The standard InChI is InChI=1S/C11H12Cl2N4O2/c1-6(2)16-11(18)17(15-14-16)9-5-10(19-3)8(13)4-7(9)12/h4-6H,1-3H3. The lowest BCUT2D eigenvalue weighted by atomic mass is 10.3. The van der Waals surface area contributed by atoms with Crippen molar-refractivity contribution in [3.63, 3.8) is 0 Å². The summed E-state index contributed by atoms with van der Waals surface area (Å²) in [7, 11) is 1.48. The van der Waals surface area contributed by atoms with Crippen LogP contribution in [-0.4, -0.2) is 26.9 Å². The fourth-order valence-corrected chi connectivity index (χ4v) is 2.11. The minimum Gasteiger partial charge on any atom is -0.495 e. The highest BCUT2D eigenvalue weighted by Crippen LogP contribution is 2.32. The average Bonchev–Trinajstić information content (AvgIpc) is 2.71. The van der Waals surface area contributed by atoms with E-state index in [4.69, 9.17) is 27.9 Å². The number of hydrogen-bond acceptors (Lipinski definition) is 4. The number of aromatic nitrogens is 4. The van der Waals surface area contributed by atoms with Crippen LogP contribution < -0.4 is 10.4 Å². The quantitative estimate of drug-likeness (QED) is 0.873. The predicted molar refractivity (Wildman–Crippen MR) is 72.6 cm³/mol. The highest BCUT2D eigenvalue weighted by molar-refractivity contribution is 6.36. The SMILES string of the molecule is COc1cc(-n2nnn(C(C)C)c2=O)c(Cl)cc1Cl. The van der Waals surface area contributed by atoms with Gasteiger partial charge in [-0.3, -0.25) is 0 Å². The summed E-state index contributed by atoms with van der Waals surface area (Å²) in [5, 5.41) is 8.26. The number of benzene rings is 1. The zero-order chi connectivity index (χ0) is 14.2. The third kappa shape index (κ3) is 2.46. The molecule has 6 nitrogen and oxygen atoms in total. The zero-order valence-electron chi connectivity index (χ0n) is 10.6. The van der Waals surface area contributed by atoms with Crippen LogP contribution in [0.3, 0.4) is 0 Å². The van der Waals surface area contributed by atoms with Crippen molar-refractivity contribution >= 4 is 23.2 Å². The summed E-state index contributed by atoms with van der Waals surface area (Å²) in [6.45, 7) is 3.68. The van der Waals surface area contributed by atoms with E-state index in [9.17, 15) is 4.79 Å². The molecule has 102 valence electrons. The molecule has 8 heteroatoms. The Morgan fingerprint density at radius 1 is 1.21 bits per heavy atom. The number of nitrogens with zero attached hydrogens (tertiary/aromatic N) is 4. The van der Waals surface area contributed by atoms with Gasteiger partial charge in [-0.15, -0.1) is 0 Å². The van der Waals surface area contributed by atoms with E-state index in [2.05, 4.69) is 10.4 Å². The topological polar surface area (TPSA) is 61.9 Å². The predicted octanol–water partition coefficient (Wildman–Crippen LogP) is 2.33. The minimum atomic E-state index is -0.374. The van der Waals surface area contributed by atoms with Gasteiger partial charge in [0.1, 0.15) is 5.75 Å². The van der Waals surface area contributed by atoms with Gasteiger partial charge in [-0.1, -0.05) is 23.2 Å². The van der Waals surface area contributed by atoms with Crippen molar-refractivity contribution in [1.29, 1.82) is 0 Å². The van der Waals surface area contributed by atoms with Gasteiger partial charge < -0.3 is 4.74 Å². The van der Waals surface area contributed by atoms with Gasteiger partial charge in [0.25, 0.3) is 0 Å². The molecule has 0 amide bonds. The normalized spacial score (nSPS) is 11.1. The first-order valence-electron chi connectivity index (χ1n) is 5.53. The van der Waals surface area contributed by atoms with E-state index in [0.717, 1.165) is 4.68 Å². The van der Waals surface area contributed by atoms with Crippen LogP contribution in [-0.2, 0) is 0 Å². The molecule has 0 N–H and O–H groups in total. The first-order chi connectivity index (χ1) is 8.95. The fourth-order valence-electron chi connectivity index (χ4n) is 1.57. The first kappa shape index (κ1) is 13.9. The lowest BCUT2D eigenvalue weighted by Gasteiger charge is -2.07. The van der Waals surface area contributed by atoms with Crippen molar-refractivity contribution in [3.05, 3.63) is 32.7 Å². The van der Waals surface area contributed by atoms with Crippen LogP contribution in [0.5, 0.6) is 5.75 Å². The van der Waals surface area contributed by atoms with E-state index < -0.39 is 0 Å². The van der Waals surface area contributed by atoms with Crippen molar-refractivity contribution in [3.8, 4) is 11.4 Å². The molecule has 0 bridgehead atoms. The van der Waals surface area contributed by atoms with E-state index in [1.54, 1.807) is 6.07 Å². The van der Waals surface area contributed by atoms with Crippen LogP contribution >= 0.6 is 23.2 Å². The second-order valence-electron chi connectivity index (χ2n) is 4.15. The molecule has 0 atom stereocenters. The Hall–Kier alpha value is -1.53. The summed E-state index contributed by atoms with van der Waals surface area (Å²) < 4.78 is 7.47. The number of ether oxygens (including phenoxy) is 1. The third-order valence-electron chi connectivity index (χ3n) is 2.54. The van der Waals surface area contributed by atoms with E-state index in [1.165, 1.54) is 17.9 Å². The molecule has 0 fully saturated rings. The fraction of sp³-hybridized carbons (Fsp3) is 0.364. The lowest BCUT2D eigenvalue weighted by molar-refractivity contribution is 0.414. The van der Waals surface area contributed by atoms with Crippen molar-refractivity contribution in [1.82, 2.24) is 19.8 Å². The van der Waals surface area contributed by atoms with Crippen LogP contribution in [0.4, 0.5) is 0 Å². The molecule has 0 unspecified atom stereocenters. The van der Waals surface area contributed by atoms with Gasteiger partial charge >= 0.3 is 5.69 Å². The smallest absolute Gasteiger partial charge is 0.368 e. The molecule has 0 aliphatic carbocycles. The van der Waals surface area contributed by atoms with E-state index in [-0.39, 0.29) is 11.7 Å². The van der Waals surface area contributed by atoms with Crippen LogP contribution in [0.15, 0.2) is 16.9 Å². The maximum atomic E-state index is 12.1. The molecule has 1 aromatic heterocycles. The minimum absolute atomic E-state index is 0.0887. The van der Waals surface area contributed by atoms with E-state index in [0.29, 0.717) is 21.5 Å². The van der Waals surface area contributed by atoms with E-state index >= 15 is 0 Å². The van der Waals surface area contributed by atoms with Gasteiger partial charge in [-0.25, -0.2) is 4.79 Å². The molecular formula is C11H12Cl2N4O2. The Morgan fingerprint density at radius 3 is 2.42 bits per heavy atom. The molecule has 0 saturated carbocycles. The highest BCUT2D eigenvalue weighted by atomic mass is 35.5. The Morgan fingerprint density at radius 2 is 1.89 bits per heavy atom. The summed E-state index contributed by atoms with van der Waals surface area (Å²) in [4.78, 5) is 12.1. The summed E-state index contributed by atoms with van der Waals surface area (Å²) in [5.41, 5.74) is 0.00101. The third-order valence-corrected chi connectivity index (χ3v) is 3.14. The molecule has 0 radical (unpaired) electrons. The molecule has 0 aliphatic rings. The Labute approximate surface area is 119 Å². The van der Waals surface area contributed by atoms with Crippen molar-refractivity contribution < 1.29 is 4.74 Å². The number of tetrazole rings is 1. The zero-order valence-corrected chi connectivity index (χ0v) is 12.1. The molecule has 2 rings (SSSR count). The molecule has 19 heavy (non-hydrogen) atoms. The van der Waals surface area contributed by atoms with Crippen LogP contribution in [0.2, 0.25) is 10.0 Å². The molecule has 2 aromatic rings. The van der Waals surface area contributed by atoms with Crippen molar-refractivity contribution in [2.24, 2.45) is 0 Å². The maximum absolute atomic E-state index is 12.1. The Kier molecular flexibility index (Phi) is 3.82. The van der Waals surface area contributed by atoms with Gasteiger partial charge in [0.2, 0.25) is 0 Å². The monoisotopic (exact) mass is 302 g/mol. The van der Waals surface area contributed by atoms with Gasteiger partial charge in [0.05, 0.1) is 28.9 Å². The Balaban J connectivity index is 2.62. The number of methoxy groups -OCH3 is 1. The summed E-state index contributed by atoms with van der Waals surface area (Å²) in [5.74, 6) is 0.409. The van der Waals surface area contributed by atoms with Crippen LogP contribution in [0.25, 0.3) is 5.69 Å². The van der Waals surface area contributed by atoms with Crippen LogP contribution in [0, 0.1) is 0 Å². The number of hydrogen-bond donors (Lipinski definition) is 0.